The van der Waals surface area contributed by atoms with Gasteiger partial charge in [0.05, 0.1) is 24.6 Å². The van der Waals surface area contributed by atoms with Crippen LogP contribution in [0.5, 0.6) is 5.75 Å². The van der Waals surface area contributed by atoms with E-state index < -0.39 is 0 Å². The fraction of sp³-hybridized carbons (Fsp3) is 0.263. The molecule has 24 heavy (non-hydrogen) atoms. The summed E-state index contributed by atoms with van der Waals surface area (Å²) in [6.07, 6.45) is 2.76. The van der Waals surface area contributed by atoms with Gasteiger partial charge in [-0.15, -0.1) is 0 Å². The molecule has 122 valence electrons. The number of amides is 1. The Hall–Kier alpha value is -2.82. The van der Waals surface area contributed by atoms with Crippen molar-refractivity contribution in [1.29, 1.82) is 0 Å². The second kappa shape index (κ2) is 6.00. The Morgan fingerprint density at radius 2 is 2.04 bits per heavy atom. The summed E-state index contributed by atoms with van der Waals surface area (Å²) in [4.78, 5) is 20.2. The van der Waals surface area contributed by atoms with Gasteiger partial charge in [0.2, 0.25) is 5.91 Å². The Balaban J connectivity index is 1.45. The summed E-state index contributed by atoms with van der Waals surface area (Å²) in [6.45, 7) is 0. The molecule has 1 aliphatic rings. The smallest absolute Gasteiger partial charge is 0.228 e. The number of anilines is 1. The summed E-state index contributed by atoms with van der Waals surface area (Å²) >= 11 is 0. The molecular weight excluding hydrogens is 302 g/mol. The summed E-state index contributed by atoms with van der Waals surface area (Å²) in [5.41, 5.74) is 3.66. The third kappa shape index (κ3) is 3.11. The van der Waals surface area contributed by atoms with Crippen molar-refractivity contribution in [3.05, 3.63) is 53.9 Å². The van der Waals surface area contributed by atoms with Crippen LogP contribution in [-0.4, -0.2) is 23.0 Å². The molecule has 5 heteroatoms. The lowest BCUT2D eigenvalue weighted by molar-refractivity contribution is -0.115. The van der Waals surface area contributed by atoms with Crippen LogP contribution in [0.4, 0.5) is 5.69 Å². The minimum absolute atomic E-state index is 0.0403. The normalized spacial score (nSPS) is 13.9. The standard InChI is InChI=1S/C19H19N3O2/c1-24-15-7-2-12(3-8-15)10-18(23)20-14-6-9-16-17(11-14)22-19(21-16)13-4-5-13/h2-3,6-9,11,13H,4-5,10H2,1H3,(H,20,23)(H,21,22). The summed E-state index contributed by atoms with van der Waals surface area (Å²) < 4.78 is 5.12. The Bertz CT molecular complexity index is 879. The minimum Gasteiger partial charge on any atom is -0.497 e. The van der Waals surface area contributed by atoms with E-state index in [0.717, 1.165) is 33.9 Å². The average Bonchev–Trinajstić information content (AvgIpc) is 3.35. The number of imidazole rings is 1. The topological polar surface area (TPSA) is 67.0 Å². The Morgan fingerprint density at radius 3 is 2.75 bits per heavy atom. The molecule has 0 saturated heterocycles. The molecule has 0 spiro atoms. The SMILES string of the molecule is COc1ccc(CC(=O)Nc2ccc3nc(C4CC4)[nH]c3c2)cc1. The van der Waals surface area contributed by atoms with E-state index in [1.807, 2.05) is 42.5 Å². The molecule has 0 atom stereocenters. The number of hydrogen-bond donors (Lipinski definition) is 2. The van der Waals surface area contributed by atoms with Crippen LogP contribution in [0, 0.1) is 0 Å². The maximum Gasteiger partial charge on any atom is 0.228 e. The maximum absolute atomic E-state index is 12.2. The molecule has 1 fully saturated rings. The molecule has 1 heterocycles. The van der Waals surface area contributed by atoms with E-state index >= 15 is 0 Å². The first-order valence-corrected chi connectivity index (χ1v) is 8.14. The number of nitrogens with zero attached hydrogens (tertiary/aromatic N) is 1. The molecule has 0 unspecified atom stereocenters. The van der Waals surface area contributed by atoms with Gasteiger partial charge in [-0.25, -0.2) is 4.98 Å². The van der Waals surface area contributed by atoms with Gasteiger partial charge in [0.1, 0.15) is 11.6 Å². The highest BCUT2D eigenvalue weighted by molar-refractivity contribution is 5.94. The monoisotopic (exact) mass is 321 g/mol. The van der Waals surface area contributed by atoms with Gasteiger partial charge in [0, 0.05) is 11.6 Å². The van der Waals surface area contributed by atoms with Gasteiger partial charge in [0.15, 0.2) is 0 Å². The number of H-pyrrole nitrogens is 1. The second-order valence-corrected chi connectivity index (χ2v) is 6.20. The number of hydrogen-bond acceptors (Lipinski definition) is 3. The highest BCUT2D eigenvalue weighted by Crippen LogP contribution is 2.39. The van der Waals surface area contributed by atoms with E-state index in [0.29, 0.717) is 12.3 Å². The number of methoxy groups -OCH3 is 1. The maximum atomic E-state index is 12.2. The van der Waals surface area contributed by atoms with E-state index in [1.165, 1.54) is 12.8 Å². The number of aromatic amines is 1. The van der Waals surface area contributed by atoms with E-state index in [4.69, 9.17) is 4.74 Å². The molecule has 2 aromatic carbocycles. The van der Waals surface area contributed by atoms with Gasteiger partial charge in [-0.3, -0.25) is 4.79 Å². The van der Waals surface area contributed by atoms with Gasteiger partial charge >= 0.3 is 0 Å². The van der Waals surface area contributed by atoms with Crippen molar-refractivity contribution in [2.75, 3.05) is 12.4 Å². The van der Waals surface area contributed by atoms with E-state index in [-0.39, 0.29) is 5.91 Å². The quantitative estimate of drug-likeness (QED) is 0.754. The fourth-order valence-electron chi connectivity index (χ4n) is 2.79. The zero-order valence-electron chi connectivity index (χ0n) is 13.5. The van der Waals surface area contributed by atoms with E-state index in [1.54, 1.807) is 7.11 Å². The van der Waals surface area contributed by atoms with Crippen LogP contribution in [-0.2, 0) is 11.2 Å². The van der Waals surface area contributed by atoms with Crippen LogP contribution < -0.4 is 10.1 Å². The zero-order valence-corrected chi connectivity index (χ0v) is 13.5. The molecule has 4 rings (SSSR count). The highest BCUT2D eigenvalue weighted by Gasteiger charge is 2.26. The Morgan fingerprint density at radius 1 is 1.25 bits per heavy atom. The van der Waals surface area contributed by atoms with Gasteiger partial charge in [-0.2, -0.15) is 0 Å². The van der Waals surface area contributed by atoms with Crippen molar-refractivity contribution in [3.63, 3.8) is 0 Å². The van der Waals surface area contributed by atoms with Crippen molar-refractivity contribution in [1.82, 2.24) is 9.97 Å². The molecule has 1 amide bonds. The predicted molar refractivity (Wildman–Crippen MR) is 93.4 cm³/mol. The van der Waals surface area contributed by atoms with Crippen molar-refractivity contribution in [3.8, 4) is 5.75 Å². The number of carbonyl (C=O) groups is 1. The highest BCUT2D eigenvalue weighted by atomic mass is 16.5. The second-order valence-electron chi connectivity index (χ2n) is 6.20. The third-order valence-electron chi connectivity index (χ3n) is 4.27. The van der Waals surface area contributed by atoms with Gasteiger partial charge in [0.25, 0.3) is 0 Å². The van der Waals surface area contributed by atoms with Crippen LogP contribution in [0.3, 0.4) is 0 Å². The number of fused-ring (bicyclic) bond motifs is 1. The molecule has 0 bridgehead atoms. The summed E-state index contributed by atoms with van der Waals surface area (Å²) in [5.74, 6) is 2.40. The van der Waals surface area contributed by atoms with Gasteiger partial charge in [-0.1, -0.05) is 12.1 Å². The molecule has 1 saturated carbocycles. The number of benzene rings is 2. The molecule has 5 nitrogen and oxygen atoms in total. The molecule has 1 aliphatic carbocycles. The first kappa shape index (κ1) is 14.8. The molecule has 3 aromatic rings. The first-order chi connectivity index (χ1) is 11.7. The largest absolute Gasteiger partial charge is 0.497 e. The van der Waals surface area contributed by atoms with E-state index in [9.17, 15) is 4.79 Å². The Kier molecular flexibility index (Phi) is 3.69. The lowest BCUT2D eigenvalue weighted by atomic mass is 10.1. The summed E-state index contributed by atoms with van der Waals surface area (Å²) in [6, 6.07) is 13.3. The molecule has 1 aromatic heterocycles. The van der Waals surface area contributed by atoms with Crippen molar-refractivity contribution >= 4 is 22.6 Å². The molecule has 2 N–H and O–H groups in total. The van der Waals surface area contributed by atoms with Crippen molar-refractivity contribution in [2.24, 2.45) is 0 Å². The van der Waals surface area contributed by atoms with Crippen LogP contribution in [0.25, 0.3) is 11.0 Å². The average molecular weight is 321 g/mol. The molecular formula is C19H19N3O2. The van der Waals surface area contributed by atoms with Crippen LogP contribution in [0.15, 0.2) is 42.5 Å². The van der Waals surface area contributed by atoms with Crippen LogP contribution in [0.2, 0.25) is 0 Å². The third-order valence-corrected chi connectivity index (χ3v) is 4.27. The van der Waals surface area contributed by atoms with Crippen LogP contribution >= 0.6 is 0 Å². The van der Waals surface area contributed by atoms with Crippen molar-refractivity contribution < 1.29 is 9.53 Å². The van der Waals surface area contributed by atoms with Crippen molar-refractivity contribution in [2.45, 2.75) is 25.2 Å². The molecule has 0 aliphatic heterocycles. The minimum atomic E-state index is -0.0403. The van der Waals surface area contributed by atoms with Gasteiger partial charge in [-0.05, 0) is 48.7 Å². The summed E-state index contributed by atoms with van der Waals surface area (Å²) in [5, 5.41) is 2.95. The zero-order chi connectivity index (χ0) is 16.5. The van der Waals surface area contributed by atoms with E-state index in [2.05, 4.69) is 15.3 Å². The number of carbonyl (C=O) groups excluding carboxylic acids is 1. The summed E-state index contributed by atoms with van der Waals surface area (Å²) in [7, 11) is 1.63. The van der Waals surface area contributed by atoms with Gasteiger partial charge < -0.3 is 15.0 Å². The number of aromatic nitrogens is 2. The van der Waals surface area contributed by atoms with Crippen LogP contribution in [0.1, 0.15) is 30.1 Å². The number of ether oxygens (including phenoxy) is 1. The molecule has 0 radical (unpaired) electrons. The first-order valence-electron chi connectivity index (χ1n) is 8.14. The predicted octanol–water partition coefficient (Wildman–Crippen LogP) is 3.63. The lowest BCUT2D eigenvalue weighted by Gasteiger charge is -2.06. The Labute approximate surface area is 140 Å². The fourth-order valence-corrected chi connectivity index (χ4v) is 2.79. The number of nitrogens with one attached hydrogen (secondary N) is 2. The lowest BCUT2D eigenvalue weighted by Crippen LogP contribution is -2.14. The number of rotatable bonds is 5.